The zero-order valence-electron chi connectivity index (χ0n) is 11.7. The summed E-state index contributed by atoms with van der Waals surface area (Å²) >= 11 is 0. The van der Waals surface area contributed by atoms with Crippen LogP contribution < -0.4 is 0 Å². The summed E-state index contributed by atoms with van der Waals surface area (Å²) in [4.78, 5) is 14.2. The van der Waals surface area contributed by atoms with Crippen molar-refractivity contribution in [2.75, 3.05) is 19.7 Å². The first-order valence-corrected chi connectivity index (χ1v) is 6.92. The number of carbonyl (C=O) groups excluding carboxylic acids is 1. The van der Waals surface area contributed by atoms with Crippen LogP contribution in [0.5, 0.6) is 0 Å². The molecule has 5 heteroatoms. The predicted octanol–water partition coefficient (Wildman–Crippen LogP) is 1.45. The van der Waals surface area contributed by atoms with Crippen molar-refractivity contribution in [3.63, 3.8) is 0 Å². The lowest BCUT2D eigenvalue weighted by Crippen LogP contribution is -2.41. The van der Waals surface area contributed by atoms with Gasteiger partial charge in [-0.25, -0.2) is 0 Å². The molecule has 2 rings (SSSR count). The van der Waals surface area contributed by atoms with Crippen molar-refractivity contribution < 1.29 is 14.4 Å². The molecule has 1 amide bonds. The van der Waals surface area contributed by atoms with Crippen LogP contribution in [0.25, 0.3) is 0 Å². The van der Waals surface area contributed by atoms with Crippen LogP contribution >= 0.6 is 0 Å². The fourth-order valence-electron chi connectivity index (χ4n) is 2.73. The standard InChI is InChI=1S/C14H22N2O3/c1-10-13(11(2)19-15-10)8-14(18)16-6-3-4-12(9-16)5-7-17/h12,17H,3-9H2,1-2H3. The summed E-state index contributed by atoms with van der Waals surface area (Å²) in [6.45, 7) is 5.50. The molecule has 1 aliphatic rings. The number of nitrogens with zero attached hydrogens (tertiary/aromatic N) is 2. The number of hydrogen-bond donors (Lipinski definition) is 1. The van der Waals surface area contributed by atoms with Gasteiger partial charge in [0.15, 0.2) is 0 Å². The molecule has 0 spiro atoms. The maximum Gasteiger partial charge on any atom is 0.227 e. The van der Waals surface area contributed by atoms with E-state index in [1.54, 1.807) is 0 Å². The third-order valence-corrected chi connectivity index (χ3v) is 3.92. The van der Waals surface area contributed by atoms with E-state index in [1.807, 2.05) is 18.7 Å². The van der Waals surface area contributed by atoms with Gasteiger partial charge in [0.2, 0.25) is 5.91 Å². The van der Waals surface area contributed by atoms with Gasteiger partial charge in [0.25, 0.3) is 0 Å². The summed E-state index contributed by atoms with van der Waals surface area (Å²) in [5.41, 5.74) is 1.71. The minimum Gasteiger partial charge on any atom is -0.396 e. The van der Waals surface area contributed by atoms with Gasteiger partial charge in [-0.3, -0.25) is 4.79 Å². The third-order valence-electron chi connectivity index (χ3n) is 3.92. The highest BCUT2D eigenvalue weighted by atomic mass is 16.5. The lowest BCUT2D eigenvalue weighted by molar-refractivity contribution is -0.132. The lowest BCUT2D eigenvalue weighted by atomic mass is 9.94. The van der Waals surface area contributed by atoms with E-state index in [0.29, 0.717) is 12.3 Å². The molecule has 1 atom stereocenters. The first-order chi connectivity index (χ1) is 9.11. The largest absolute Gasteiger partial charge is 0.396 e. The van der Waals surface area contributed by atoms with E-state index >= 15 is 0 Å². The third kappa shape index (κ3) is 3.35. The Labute approximate surface area is 113 Å². The number of aryl methyl sites for hydroxylation is 2. The molecule has 1 aliphatic heterocycles. The molecule has 5 nitrogen and oxygen atoms in total. The molecule has 0 radical (unpaired) electrons. The summed E-state index contributed by atoms with van der Waals surface area (Å²) in [5, 5.41) is 12.9. The monoisotopic (exact) mass is 266 g/mol. The molecule has 1 aromatic rings. The SMILES string of the molecule is Cc1noc(C)c1CC(=O)N1CCCC(CCO)C1. The Morgan fingerprint density at radius 3 is 2.95 bits per heavy atom. The van der Waals surface area contributed by atoms with E-state index in [2.05, 4.69) is 5.16 Å². The number of amides is 1. The van der Waals surface area contributed by atoms with Gasteiger partial charge < -0.3 is 14.5 Å². The van der Waals surface area contributed by atoms with Crippen LogP contribution in [-0.4, -0.2) is 40.8 Å². The van der Waals surface area contributed by atoms with Gasteiger partial charge in [-0.15, -0.1) is 0 Å². The van der Waals surface area contributed by atoms with Crippen molar-refractivity contribution in [3.8, 4) is 0 Å². The summed E-state index contributed by atoms with van der Waals surface area (Å²) in [6, 6.07) is 0. The molecule has 0 aliphatic carbocycles. The number of aromatic nitrogens is 1. The van der Waals surface area contributed by atoms with Gasteiger partial charge >= 0.3 is 0 Å². The van der Waals surface area contributed by atoms with E-state index < -0.39 is 0 Å². The van der Waals surface area contributed by atoms with Gasteiger partial charge in [0.1, 0.15) is 5.76 Å². The van der Waals surface area contributed by atoms with Crippen LogP contribution in [0.3, 0.4) is 0 Å². The molecule has 1 unspecified atom stereocenters. The fraction of sp³-hybridized carbons (Fsp3) is 0.714. The number of hydrogen-bond acceptors (Lipinski definition) is 4. The van der Waals surface area contributed by atoms with Crippen molar-refractivity contribution in [1.29, 1.82) is 0 Å². The molecule has 0 bridgehead atoms. The number of piperidine rings is 1. The Kier molecular flexibility index (Phi) is 4.58. The molecule has 1 N–H and O–H groups in total. The minimum absolute atomic E-state index is 0.136. The maximum atomic E-state index is 12.3. The normalized spacial score (nSPS) is 19.7. The lowest BCUT2D eigenvalue weighted by Gasteiger charge is -2.32. The number of rotatable bonds is 4. The summed E-state index contributed by atoms with van der Waals surface area (Å²) < 4.78 is 5.09. The second kappa shape index (κ2) is 6.19. The fourth-order valence-corrected chi connectivity index (χ4v) is 2.73. The number of aliphatic hydroxyl groups is 1. The molecule has 106 valence electrons. The second-order valence-corrected chi connectivity index (χ2v) is 5.34. The van der Waals surface area contributed by atoms with Crippen LogP contribution in [0, 0.1) is 19.8 Å². The molecule has 2 heterocycles. The van der Waals surface area contributed by atoms with Crippen LogP contribution in [-0.2, 0) is 11.2 Å². The molecule has 1 saturated heterocycles. The van der Waals surface area contributed by atoms with Crippen LogP contribution in [0.2, 0.25) is 0 Å². The van der Waals surface area contributed by atoms with E-state index in [0.717, 1.165) is 49.4 Å². The molecular formula is C14H22N2O3. The first-order valence-electron chi connectivity index (χ1n) is 6.92. The topological polar surface area (TPSA) is 66.6 Å². The quantitative estimate of drug-likeness (QED) is 0.896. The van der Waals surface area contributed by atoms with E-state index in [-0.39, 0.29) is 12.5 Å². The smallest absolute Gasteiger partial charge is 0.227 e. The number of aliphatic hydroxyl groups excluding tert-OH is 1. The highest BCUT2D eigenvalue weighted by Gasteiger charge is 2.24. The first kappa shape index (κ1) is 14.1. The van der Waals surface area contributed by atoms with Crippen LogP contribution in [0.4, 0.5) is 0 Å². The number of carbonyl (C=O) groups is 1. The molecule has 0 aromatic carbocycles. The van der Waals surface area contributed by atoms with Gasteiger partial charge in [0, 0.05) is 25.3 Å². The van der Waals surface area contributed by atoms with E-state index in [1.165, 1.54) is 0 Å². The maximum absolute atomic E-state index is 12.3. The molecular weight excluding hydrogens is 244 g/mol. The van der Waals surface area contributed by atoms with Gasteiger partial charge in [-0.2, -0.15) is 0 Å². The van der Waals surface area contributed by atoms with Gasteiger partial charge in [0.05, 0.1) is 12.1 Å². The van der Waals surface area contributed by atoms with Crippen molar-refractivity contribution in [2.24, 2.45) is 5.92 Å². The number of likely N-dealkylation sites (tertiary alicyclic amines) is 1. The Morgan fingerprint density at radius 2 is 2.32 bits per heavy atom. The highest BCUT2D eigenvalue weighted by Crippen LogP contribution is 2.21. The Balaban J connectivity index is 1.96. The zero-order valence-corrected chi connectivity index (χ0v) is 11.7. The highest BCUT2D eigenvalue weighted by molar-refractivity contribution is 5.79. The van der Waals surface area contributed by atoms with E-state index in [4.69, 9.17) is 9.63 Å². The van der Waals surface area contributed by atoms with Gasteiger partial charge in [-0.1, -0.05) is 5.16 Å². The van der Waals surface area contributed by atoms with Crippen molar-refractivity contribution >= 4 is 5.91 Å². The van der Waals surface area contributed by atoms with Crippen molar-refractivity contribution in [3.05, 3.63) is 17.0 Å². The van der Waals surface area contributed by atoms with Crippen molar-refractivity contribution in [2.45, 2.75) is 39.5 Å². The molecule has 1 fully saturated rings. The van der Waals surface area contributed by atoms with Crippen LogP contribution in [0.1, 0.15) is 36.3 Å². The van der Waals surface area contributed by atoms with Crippen LogP contribution in [0.15, 0.2) is 4.52 Å². The average Bonchev–Trinajstić information content (AvgIpc) is 2.71. The predicted molar refractivity (Wildman–Crippen MR) is 70.7 cm³/mol. The minimum atomic E-state index is 0.136. The average molecular weight is 266 g/mol. The summed E-state index contributed by atoms with van der Waals surface area (Å²) in [6.07, 6.45) is 3.29. The summed E-state index contributed by atoms with van der Waals surface area (Å²) in [5.74, 6) is 1.30. The Morgan fingerprint density at radius 1 is 1.53 bits per heavy atom. The Hall–Kier alpha value is -1.36. The molecule has 0 saturated carbocycles. The van der Waals surface area contributed by atoms with E-state index in [9.17, 15) is 4.79 Å². The van der Waals surface area contributed by atoms with Crippen molar-refractivity contribution in [1.82, 2.24) is 10.1 Å². The van der Waals surface area contributed by atoms with Gasteiger partial charge in [-0.05, 0) is 39.0 Å². The summed E-state index contributed by atoms with van der Waals surface area (Å²) in [7, 11) is 0. The molecule has 19 heavy (non-hydrogen) atoms. The second-order valence-electron chi connectivity index (χ2n) is 5.34. The zero-order chi connectivity index (χ0) is 13.8. The Bertz CT molecular complexity index is 420. The molecule has 1 aromatic heterocycles.